The molecule has 9 heteroatoms. The summed E-state index contributed by atoms with van der Waals surface area (Å²) < 4.78 is 11.9. The quantitative estimate of drug-likeness (QED) is 0.604. The molecule has 2 N–H and O–H groups in total. The molecule has 4 amide bonds. The molecule has 0 spiro atoms. The van der Waals surface area contributed by atoms with Crippen LogP contribution in [0.15, 0.2) is 48.5 Å². The second-order valence-electron chi connectivity index (χ2n) is 10.4. The van der Waals surface area contributed by atoms with Gasteiger partial charge in [0, 0.05) is 57.0 Å². The molecule has 2 aliphatic rings. The number of fused-ring (bicyclic) bond motifs is 1. The highest BCUT2D eigenvalue weighted by molar-refractivity contribution is 6.01. The van der Waals surface area contributed by atoms with E-state index in [-0.39, 0.29) is 36.5 Å². The summed E-state index contributed by atoms with van der Waals surface area (Å²) in [6.07, 6.45) is 2.52. The Hall–Kier alpha value is -3.59. The van der Waals surface area contributed by atoms with Crippen molar-refractivity contribution in [3.63, 3.8) is 0 Å². The van der Waals surface area contributed by atoms with Crippen LogP contribution in [0.5, 0.6) is 5.75 Å². The van der Waals surface area contributed by atoms with E-state index in [1.165, 1.54) is 0 Å². The predicted octanol–water partition coefficient (Wildman–Crippen LogP) is 4.46. The van der Waals surface area contributed by atoms with Crippen LogP contribution in [-0.2, 0) is 9.53 Å². The van der Waals surface area contributed by atoms with Gasteiger partial charge < -0.3 is 29.9 Å². The summed E-state index contributed by atoms with van der Waals surface area (Å²) in [5.74, 6) is 0.771. The first kappa shape index (κ1) is 27.4. The second-order valence-corrected chi connectivity index (χ2v) is 10.4. The Morgan fingerprint density at radius 3 is 2.42 bits per heavy atom. The molecule has 38 heavy (non-hydrogen) atoms. The number of carbonyl (C=O) groups excluding carboxylic acids is 3. The minimum absolute atomic E-state index is 0.0226. The number of amides is 4. The minimum atomic E-state index is -0.408. The van der Waals surface area contributed by atoms with E-state index in [9.17, 15) is 14.4 Å². The van der Waals surface area contributed by atoms with Crippen LogP contribution in [0, 0.1) is 11.8 Å². The van der Waals surface area contributed by atoms with Gasteiger partial charge in [-0.2, -0.15) is 0 Å². The van der Waals surface area contributed by atoms with E-state index >= 15 is 0 Å². The first-order chi connectivity index (χ1) is 18.2. The highest BCUT2D eigenvalue weighted by Crippen LogP contribution is 2.33. The fraction of sp³-hybridized carbons (Fsp3) is 0.483. The lowest BCUT2D eigenvalue weighted by Crippen LogP contribution is -2.48. The SMILES string of the molecule is CO[C@H]1CN(C)C(=O)c2ccc(NC(=O)Nc3ccccc3)cc2OC[C@@H](C)N(C(=O)CC2CC2)C[C@@H]1C. The van der Waals surface area contributed by atoms with Gasteiger partial charge in [-0.15, -0.1) is 0 Å². The van der Waals surface area contributed by atoms with Crippen LogP contribution < -0.4 is 15.4 Å². The summed E-state index contributed by atoms with van der Waals surface area (Å²) in [4.78, 5) is 42.7. The smallest absolute Gasteiger partial charge is 0.323 e. The molecule has 2 aromatic carbocycles. The van der Waals surface area contributed by atoms with E-state index in [0.29, 0.717) is 48.1 Å². The number of urea groups is 1. The molecule has 0 bridgehead atoms. The zero-order valence-corrected chi connectivity index (χ0v) is 22.6. The number of anilines is 2. The molecule has 4 rings (SSSR count). The fourth-order valence-electron chi connectivity index (χ4n) is 4.70. The van der Waals surface area contributed by atoms with Gasteiger partial charge in [0.1, 0.15) is 12.4 Å². The number of rotatable bonds is 5. The van der Waals surface area contributed by atoms with Crippen LogP contribution in [-0.4, -0.2) is 73.6 Å². The number of likely N-dealkylation sites (N-methyl/N-ethyl adjacent to an activating group) is 1. The maximum atomic E-state index is 13.4. The number of benzene rings is 2. The molecule has 1 aliphatic carbocycles. The van der Waals surface area contributed by atoms with E-state index in [1.807, 2.05) is 30.0 Å². The van der Waals surface area contributed by atoms with Gasteiger partial charge in [-0.05, 0) is 49.9 Å². The van der Waals surface area contributed by atoms with Gasteiger partial charge in [-0.1, -0.05) is 25.1 Å². The van der Waals surface area contributed by atoms with Gasteiger partial charge in [0.05, 0.1) is 17.7 Å². The van der Waals surface area contributed by atoms with Crippen molar-refractivity contribution < 1.29 is 23.9 Å². The van der Waals surface area contributed by atoms with E-state index in [4.69, 9.17) is 9.47 Å². The van der Waals surface area contributed by atoms with Gasteiger partial charge in [0.25, 0.3) is 5.91 Å². The summed E-state index contributed by atoms with van der Waals surface area (Å²) >= 11 is 0. The topological polar surface area (TPSA) is 100 Å². The summed E-state index contributed by atoms with van der Waals surface area (Å²) in [6, 6.07) is 13.5. The summed E-state index contributed by atoms with van der Waals surface area (Å²) in [7, 11) is 3.37. The zero-order valence-electron chi connectivity index (χ0n) is 22.6. The average molecular weight is 523 g/mol. The van der Waals surface area contributed by atoms with Crippen molar-refractivity contribution in [2.75, 3.05) is 44.5 Å². The van der Waals surface area contributed by atoms with Crippen molar-refractivity contribution in [3.8, 4) is 5.75 Å². The fourth-order valence-corrected chi connectivity index (χ4v) is 4.70. The summed E-state index contributed by atoms with van der Waals surface area (Å²) in [5, 5.41) is 5.58. The summed E-state index contributed by atoms with van der Waals surface area (Å²) in [5.41, 5.74) is 1.53. The molecule has 1 saturated carbocycles. The lowest BCUT2D eigenvalue weighted by Gasteiger charge is -2.36. The van der Waals surface area contributed by atoms with Crippen molar-refractivity contribution >= 4 is 29.2 Å². The average Bonchev–Trinajstić information content (AvgIpc) is 3.72. The van der Waals surface area contributed by atoms with Crippen LogP contribution >= 0.6 is 0 Å². The number of carbonyl (C=O) groups is 3. The lowest BCUT2D eigenvalue weighted by molar-refractivity contribution is -0.135. The van der Waals surface area contributed by atoms with Crippen molar-refractivity contribution in [2.45, 2.75) is 45.3 Å². The predicted molar refractivity (Wildman–Crippen MR) is 146 cm³/mol. The first-order valence-corrected chi connectivity index (χ1v) is 13.2. The Kier molecular flexibility index (Phi) is 8.89. The van der Waals surface area contributed by atoms with Crippen molar-refractivity contribution in [1.29, 1.82) is 0 Å². The molecule has 9 nitrogen and oxygen atoms in total. The Bertz CT molecular complexity index is 1140. The number of methoxy groups -OCH3 is 1. The van der Waals surface area contributed by atoms with Crippen LogP contribution in [0.1, 0.15) is 43.5 Å². The number of nitrogens with one attached hydrogen (secondary N) is 2. The molecular weight excluding hydrogens is 484 g/mol. The molecule has 1 heterocycles. The van der Waals surface area contributed by atoms with Gasteiger partial charge in [0.2, 0.25) is 5.91 Å². The molecule has 1 aliphatic heterocycles. The van der Waals surface area contributed by atoms with Crippen molar-refractivity contribution in [3.05, 3.63) is 54.1 Å². The third kappa shape index (κ3) is 7.04. The zero-order chi connectivity index (χ0) is 27.2. The van der Waals surface area contributed by atoms with Crippen LogP contribution in [0.2, 0.25) is 0 Å². The van der Waals surface area contributed by atoms with Crippen molar-refractivity contribution in [2.24, 2.45) is 11.8 Å². The number of hydrogen-bond donors (Lipinski definition) is 2. The van der Waals surface area contributed by atoms with E-state index in [1.54, 1.807) is 49.4 Å². The minimum Gasteiger partial charge on any atom is -0.491 e. The largest absolute Gasteiger partial charge is 0.491 e. The Balaban J connectivity index is 1.58. The standard InChI is InChI=1S/C29H38N4O5/c1-19-16-33(27(34)14-21-10-11-21)20(2)18-38-25-15-23(31-29(36)30-22-8-6-5-7-9-22)12-13-24(25)28(35)32(3)17-26(19)37-4/h5-9,12-13,15,19-21,26H,10-11,14,16-18H2,1-4H3,(H2,30,31,36)/t19-,20+,26-/m0/s1. The molecule has 0 saturated heterocycles. The third-order valence-electron chi connectivity index (χ3n) is 7.22. The normalized spacial score (nSPS) is 22.4. The molecular formula is C29H38N4O5. The van der Waals surface area contributed by atoms with Crippen LogP contribution in [0.4, 0.5) is 16.2 Å². The number of para-hydroxylation sites is 1. The maximum absolute atomic E-state index is 13.4. The highest BCUT2D eigenvalue weighted by atomic mass is 16.5. The first-order valence-electron chi connectivity index (χ1n) is 13.2. The van der Waals surface area contributed by atoms with Gasteiger partial charge in [0.15, 0.2) is 0 Å². The molecule has 0 aromatic heterocycles. The molecule has 0 unspecified atom stereocenters. The molecule has 204 valence electrons. The number of nitrogens with zero attached hydrogens (tertiary/aromatic N) is 2. The molecule has 3 atom stereocenters. The monoisotopic (exact) mass is 522 g/mol. The van der Waals surface area contributed by atoms with Gasteiger partial charge in [-0.25, -0.2) is 4.79 Å². The van der Waals surface area contributed by atoms with Crippen LogP contribution in [0.25, 0.3) is 0 Å². The van der Waals surface area contributed by atoms with E-state index in [2.05, 4.69) is 17.6 Å². The second kappa shape index (κ2) is 12.3. The molecule has 2 aromatic rings. The number of ether oxygens (including phenoxy) is 2. The Morgan fingerprint density at radius 1 is 1.03 bits per heavy atom. The van der Waals surface area contributed by atoms with Crippen molar-refractivity contribution in [1.82, 2.24) is 9.80 Å². The molecule has 0 radical (unpaired) electrons. The van der Waals surface area contributed by atoms with E-state index in [0.717, 1.165) is 12.8 Å². The lowest BCUT2D eigenvalue weighted by atomic mass is 10.0. The molecule has 1 fully saturated rings. The van der Waals surface area contributed by atoms with Gasteiger partial charge in [-0.3, -0.25) is 9.59 Å². The van der Waals surface area contributed by atoms with Crippen LogP contribution in [0.3, 0.4) is 0 Å². The number of hydrogen-bond acceptors (Lipinski definition) is 5. The van der Waals surface area contributed by atoms with Gasteiger partial charge >= 0.3 is 6.03 Å². The maximum Gasteiger partial charge on any atom is 0.323 e. The third-order valence-corrected chi connectivity index (χ3v) is 7.22. The van der Waals surface area contributed by atoms with E-state index < -0.39 is 6.03 Å². The Morgan fingerprint density at radius 2 is 1.74 bits per heavy atom. The highest BCUT2D eigenvalue weighted by Gasteiger charge is 2.33. The Labute approximate surface area is 224 Å². The summed E-state index contributed by atoms with van der Waals surface area (Å²) in [6.45, 7) is 5.12.